The monoisotopic (exact) mass is 1200 g/mol. The molecule has 12 unspecified atom stereocenters. The first-order valence-corrected chi connectivity index (χ1v) is 26.7. The van der Waals surface area contributed by atoms with Crippen LogP contribution < -0.4 is 0 Å². The first-order chi connectivity index (χ1) is 40.0. The second-order valence-electron chi connectivity index (χ2n) is 23.0. The molecule has 9 rings (SSSR count). The van der Waals surface area contributed by atoms with Gasteiger partial charge in [0.2, 0.25) is 0 Å². The third-order valence-corrected chi connectivity index (χ3v) is 15.6. The van der Waals surface area contributed by atoms with Crippen LogP contribution in [-0.4, -0.2) is 116 Å². The van der Waals surface area contributed by atoms with Crippen molar-refractivity contribution in [1.82, 2.24) is 0 Å². The van der Waals surface area contributed by atoms with Crippen molar-refractivity contribution in [1.29, 1.82) is 0 Å². The normalized spacial score (nSPS) is 25.4. The van der Waals surface area contributed by atoms with E-state index in [1.165, 1.54) is 20.8 Å². The molecule has 0 radical (unpaired) electrons. The number of hydrogen-bond donors (Lipinski definition) is 4. The molecule has 3 aromatic rings. The van der Waals surface area contributed by atoms with Gasteiger partial charge in [0.15, 0.2) is 0 Å². The van der Waals surface area contributed by atoms with Gasteiger partial charge in [-0.3, -0.25) is 76.7 Å². The number of carbonyl (C=O) groups excluding carboxylic acids is 12. The number of esters is 12. The lowest BCUT2D eigenvalue weighted by atomic mass is 9.65. The number of ether oxygens (including phenoxy) is 6. The molecule has 6 fully saturated rings. The maximum absolute atomic E-state index is 12.3. The summed E-state index contributed by atoms with van der Waals surface area (Å²) in [5.41, 5.74) is 3.15. The fourth-order valence-corrected chi connectivity index (χ4v) is 11.6. The molecule has 0 amide bonds. The van der Waals surface area contributed by atoms with Crippen LogP contribution in [0.2, 0.25) is 0 Å². The van der Waals surface area contributed by atoms with E-state index in [1.54, 1.807) is 36.4 Å². The van der Waals surface area contributed by atoms with Crippen LogP contribution >= 0.6 is 0 Å². The van der Waals surface area contributed by atoms with Crippen LogP contribution in [0.15, 0.2) is 72.8 Å². The van der Waals surface area contributed by atoms with Gasteiger partial charge < -0.3 is 48.8 Å². The maximum atomic E-state index is 12.3. The molecule has 6 heterocycles. The third-order valence-electron chi connectivity index (χ3n) is 15.6. The zero-order valence-corrected chi connectivity index (χ0v) is 47.5. The van der Waals surface area contributed by atoms with Gasteiger partial charge in [-0.05, 0) is 42.9 Å². The lowest BCUT2D eigenvalue weighted by molar-refractivity contribution is -0.168. The van der Waals surface area contributed by atoms with E-state index in [-0.39, 0.29) is 19.3 Å². The molecule has 26 nitrogen and oxygen atoms in total. The summed E-state index contributed by atoms with van der Waals surface area (Å²) < 4.78 is 27.7. The number of rotatable bonds is 14. The summed E-state index contributed by atoms with van der Waals surface area (Å²) >= 11 is 0. The van der Waals surface area contributed by atoms with Gasteiger partial charge in [0, 0.05) is 5.41 Å². The SMILES string of the molecule is CC(C)(C)C(C(=O)O)C(C(=O)O)C(CC(=O)O)C(=O)O.CC(C)(c1ccccc1)C1C(=O)OC(=O)C1C1CC(=O)OC1=O.Cc1cc(C)cc(C2C(=O)OC(=O)C2C2CC(=O)OC2=O)c1.Cc1ccc(C2C(=O)OC(=O)C2C2CC(=O)OC2=O)cc1. The zero-order chi connectivity index (χ0) is 64.2. The Balaban J connectivity index is 0.000000184. The number of carboxylic acid groups (broad SMARTS) is 4. The van der Waals surface area contributed by atoms with Gasteiger partial charge in [-0.15, -0.1) is 0 Å². The highest BCUT2D eigenvalue weighted by Crippen LogP contribution is 2.47. The van der Waals surface area contributed by atoms with Gasteiger partial charge in [0.05, 0.1) is 96.7 Å². The summed E-state index contributed by atoms with van der Waals surface area (Å²) in [6, 6.07) is 21.8. The van der Waals surface area contributed by atoms with Crippen LogP contribution in [0.5, 0.6) is 0 Å². The molecular formula is C60H60O26. The van der Waals surface area contributed by atoms with Crippen molar-refractivity contribution in [2.75, 3.05) is 0 Å². The number of hydrogen-bond acceptors (Lipinski definition) is 22. The number of cyclic esters (lactones) is 12. The highest BCUT2D eigenvalue weighted by molar-refractivity contribution is 6.06. The highest BCUT2D eigenvalue weighted by Gasteiger charge is 2.60. The third kappa shape index (κ3) is 14.5. The Morgan fingerprint density at radius 1 is 0.453 bits per heavy atom. The number of aryl methyl sites for hydroxylation is 3. The van der Waals surface area contributed by atoms with Crippen molar-refractivity contribution in [3.8, 4) is 0 Å². The first kappa shape index (κ1) is 65.5. The zero-order valence-electron chi connectivity index (χ0n) is 47.5. The minimum atomic E-state index is -1.83. The molecule has 0 spiro atoms. The fraction of sp³-hybridized carbons (Fsp3) is 0.433. The van der Waals surface area contributed by atoms with Crippen molar-refractivity contribution in [3.05, 3.63) is 106 Å². The minimum Gasteiger partial charge on any atom is -0.481 e. The Bertz CT molecular complexity index is 3310. The van der Waals surface area contributed by atoms with E-state index in [1.807, 2.05) is 71.0 Å². The molecule has 3 aromatic carbocycles. The van der Waals surface area contributed by atoms with E-state index in [4.69, 9.17) is 24.8 Å². The van der Waals surface area contributed by atoms with Gasteiger partial charge in [-0.1, -0.05) is 124 Å². The summed E-state index contributed by atoms with van der Waals surface area (Å²) in [4.78, 5) is 186. The molecule has 0 aliphatic carbocycles. The molecule has 12 atom stereocenters. The van der Waals surface area contributed by atoms with Crippen molar-refractivity contribution in [3.63, 3.8) is 0 Å². The summed E-state index contributed by atoms with van der Waals surface area (Å²) in [6.07, 6.45) is -1.55. The molecule has 456 valence electrons. The van der Waals surface area contributed by atoms with Crippen LogP contribution in [0.3, 0.4) is 0 Å². The Hall–Kier alpha value is -9.62. The number of carbonyl (C=O) groups is 16. The van der Waals surface area contributed by atoms with Gasteiger partial charge in [-0.2, -0.15) is 0 Å². The number of benzene rings is 3. The van der Waals surface area contributed by atoms with Crippen LogP contribution in [-0.2, 0) is 111 Å². The second-order valence-corrected chi connectivity index (χ2v) is 23.0. The van der Waals surface area contributed by atoms with Crippen LogP contribution in [0, 0.1) is 85.4 Å². The standard InChI is InChI=1S/C17H16O6.C16H14O6.C15H12O6.C12H18O8/c1-17(2,9-6-4-3-5-7-9)13-12(15(20)23-16(13)21)10-8-11(18)22-14(10)19;1-7-3-8(2)5-9(4-7)12-13(16(20)22-15(12)19)10-6-11(17)21-14(10)18;1-7-2-4-8(5-3-7)11-12(15(19)21-14(11)18)9-6-10(16)20-13(9)17;1-12(2,3)8(11(19)20)7(10(17)18)5(9(15)16)4-6(13)14/h3-7,10,12-13H,8H2,1-2H3;3-5,10,12-13H,6H2,1-2H3;2-5,9,11-12H,6H2,1H3;5,7-8H,4H2,1-3H3,(H,13,14)(H,15,16)(H,17,18)(H,19,20). The minimum absolute atomic E-state index is 0.200. The van der Waals surface area contributed by atoms with Crippen molar-refractivity contribution in [2.45, 2.75) is 98.3 Å². The smallest absolute Gasteiger partial charge is 0.321 e. The van der Waals surface area contributed by atoms with E-state index in [2.05, 4.69) is 18.9 Å². The summed E-state index contributed by atoms with van der Waals surface area (Å²) in [7, 11) is 0. The molecule has 0 aromatic heterocycles. The Morgan fingerprint density at radius 2 is 0.860 bits per heavy atom. The van der Waals surface area contributed by atoms with E-state index in [9.17, 15) is 81.8 Å². The van der Waals surface area contributed by atoms with Crippen LogP contribution in [0.4, 0.5) is 0 Å². The summed E-state index contributed by atoms with van der Waals surface area (Å²) in [5.74, 6) is -28.6. The van der Waals surface area contributed by atoms with Crippen LogP contribution in [0.25, 0.3) is 0 Å². The van der Waals surface area contributed by atoms with E-state index in [0.29, 0.717) is 11.1 Å². The molecule has 6 saturated heterocycles. The molecule has 4 N–H and O–H groups in total. The molecule has 86 heavy (non-hydrogen) atoms. The molecule has 26 heteroatoms. The topological polar surface area (TPSA) is 409 Å². The number of aliphatic carboxylic acids is 4. The highest BCUT2D eigenvalue weighted by atomic mass is 16.6. The average molecular weight is 1200 g/mol. The second kappa shape index (κ2) is 26.1. The summed E-state index contributed by atoms with van der Waals surface area (Å²) in [6.45, 7) is 13.7. The Labute approximate surface area is 488 Å². The Morgan fingerprint density at radius 3 is 1.23 bits per heavy atom. The fourth-order valence-electron chi connectivity index (χ4n) is 11.6. The molecule has 6 aliphatic heterocycles. The quantitative estimate of drug-likeness (QED) is 0.101. The van der Waals surface area contributed by atoms with Gasteiger partial charge in [0.1, 0.15) is 0 Å². The van der Waals surface area contributed by atoms with Gasteiger partial charge >= 0.3 is 95.5 Å². The lowest BCUT2D eigenvalue weighted by Gasteiger charge is -2.34. The lowest BCUT2D eigenvalue weighted by Crippen LogP contribution is -2.45. The summed E-state index contributed by atoms with van der Waals surface area (Å²) in [5, 5.41) is 36.1. The van der Waals surface area contributed by atoms with Crippen molar-refractivity contribution < 1.29 is 126 Å². The maximum Gasteiger partial charge on any atom is 0.321 e. The largest absolute Gasteiger partial charge is 0.481 e. The van der Waals surface area contributed by atoms with Gasteiger partial charge in [0.25, 0.3) is 0 Å². The van der Waals surface area contributed by atoms with E-state index in [0.717, 1.165) is 22.3 Å². The van der Waals surface area contributed by atoms with Gasteiger partial charge in [-0.25, -0.2) is 0 Å². The molecular weight excluding hydrogens is 1140 g/mol. The molecule has 6 aliphatic rings. The molecule has 0 bridgehead atoms. The van der Waals surface area contributed by atoms with Crippen molar-refractivity contribution in [2.24, 2.45) is 64.6 Å². The van der Waals surface area contributed by atoms with E-state index >= 15 is 0 Å². The predicted octanol–water partition coefficient (Wildman–Crippen LogP) is 4.02. The molecule has 0 saturated carbocycles. The van der Waals surface area contributed by atoms with Crippen LogP contribution in [0.1, 0.15) is 106 Å². The van der Waals surface area contributed by atoms with Crippen molar-refractivity contribution >= 4 is 95.5 Å². The Kier molecular flexibility index (Phi) is 19.9. The van der Waals surface area contributed by atoms with E-state index < -0.39 is 184 Å². The predicted molar refractivity (Wildman–Crippen MR) is 282 cm³/mol. The average Bonchev–Trinajstić information content (AvgIpc) is 1.89. The first-order valence-electron chi connectivity index (χ1n) is 26.7. The number of carboxylic acids is 4.